The van der Waals surface area contributed by atoms with Gasteiger partial charge in [-0.05, 0) is 46.3 Å². The van der Waals surface area contributed by atoms with Gasteiger partial charge in [-0.25, -0.2) is 4.79 Å². The second kappa shape index (κ2) is 6.12. The number of cyclic esters (lactones) is 1. The molecule has 5 rings (SSSR count). The monoisotopic (exact) mass is 382 g/mol. The highest BCUT2D eigenvalue weighted by Crippen LogP contribution is 2.46. The van der Waals surface area contributed by atoms with Crippen LogP contribution in [0.3, 0.4) is 0 Å². The van der Waals surface area contributed by atoms with Crippen LogP contribution in [0.15, 0.2) is 30.3 Å². The number of esters is 1. The van der Waals surface area contributed by atoms with Crippen molar-refractivity contribution in [2.75, 3.05) is 6.75 Å². The second-order valence-corrected chi connectivity index (χ2v) is 6.58. The van der Waals surface area contributed by atoms with Gasteiger partial charge >= 0.3 is 5.97 Å². The largest absolute Gasteiger partial charge is 0.507 e. The predicted octanol–water partition coefficient (Wildman–Crippen LogP) is 2.60. The fourth-order valence-electron chi connectivity index (χ4n) is 3.77. The molecule has 2 heterocycles. The Morgan fingerprint density at radius 3 is 2.39 bits per heavy atom. The van der Waals surface area contributed by atoms with Gasteiger partial charge < -0.3 is 29.5 Å². The summed E-state index contributed by atoms with van der Waals surface area (Å²) < 4.78 is 30.7. The molecule has 0 saturated heterocycles. The molecule has 0 bridgehead atoms. The highest BCUT2D eigenvalue weighted by Gasteiger charge is 2.32. The molecule has 7 heteroatoms. The van der Waals surface area contributed by atoms with Crippen LogP contribution >= 0.6 is 0 Å². The maximum absolute atomic E-state index is 12.5. The van der Waals surface area contributed by atoms with Crippen molar-refractivity contribution in [2.45, 2.75) is 19.8 Å². The van der Waals surface area contributed by atoms with Crippen molar-refractivity contribution < 1.29 is 37.1 Å². The van der Waals surface area contributed by atoms with Gasteiger partial charge in [0.25, 0.3) is 0 Å². The van der Waals surface area contributed by atoms with Crippen molar-refractivity contribution >= 4 is 16.7 Å². The highest BCUT2D eigenvalue weighted by molar-refractivity contribution is 6.13. The summed E-state index contributed by atoms with van der Waals surface area (Å²) in [6.07, 6.45) is 0. The lowest BCUT2D eigenvalue weighted by atomic mass is 9.87. The number of hydrogen-bond acceptors (Lipinski definition) is 7. The molecule has 3 aromatic carbocycles. The lowest BCUT2D eigenvalue weighted by molar-refractivity contribution is 0.0535. The van der Waals surface area contributed by atoms with Crippen LogP contribution in [-0.2, 0) is 24.6 Å². The van der Waals surface area contributed by atoms with Crippen molar-refractivity contribution in [3.8, 4) is 28.4 Å². The summed E-state index contributed by atoms with van der Waals surface area (Å²) in [5, 5.41) is 31.0. The minimum absolute atomic E-state index is 0.0910. The van der Waals surface area contributed by atoms with E-state index in [4.69, 9.17) is 17.0 Å². The molecular weight excluding hydrogens is 364 g/mol. The van der Waals surface area contributed by atoms with E-state index in [1.165, 1.54) is 6.07 Å². The molecule has 0 aromatic heterocycles. The Morgan fingerprint density at radius 2 is 1.64 bits per heavy atom. The molecule has 0 atom stereocenters. The van der Waals surface area contributed by atoms with Crippen molar-refractivity contribution in [1.29, 1.82) is 0 Å². The van der Waals surface area contributed by atoms with E-state index in [1.807, 2.05) is 0 Å². The number of phenols is 1. The van der Waals surface area contributed by atoms with Crippen LogP contribution in [0.5, 0.6) is 17.2 Å². The molecule has 0 unspecified atom stereocenters. The quantitative estimate of drug-likeness (QED) is 0.598. The topological polar surface area (TPSA) is 105 Å². The number of hydrogen-bond donors (Lipinski definition) is 3. The number of aliphatic hydroxyl groups excluding tert-OH is 2. The summed E-state index contributed by atoms with van der Waals surface area (Å²) in [7, 11) is 0. The molecule has 0 saturated carbocycles. The average molecular weight is 382 g/mol. The standard InChI is InChI=1S/C21H16O7/c22-6-11-3-13-14(4-12(11)7-23)20(24)15-8-26-21(25)19(15)18(13)10-1-2-16-17(5-10)28-9-27-16/h1-5,22-24H,6-9H2/i9D2. The number of phenolic OH excluding ortho intramolecular Hbond substituents is 1. The van der Waals surface area contributed by atoms with Crippen molar-refractivity contribution in [2.24, 2.45) is 0 Å². The van der Waals surface area contributed by atoms with Crippen LogP contribution in [0.4, 0.5) is 0 Å². The third-order valence-corrected chi connectivity index (χ3v) is 5.13. The molecule has 0 amide bonds. The van der Waals surface area contributed by atoms with E-state index >= 15 is 0 Å². The van der Waals surface area contributed by atoms with Gasteiger partial charge in [-0.3, -0.25) is 0 Å². The molecule has 0 spiro atoms. The first-order chi connectivity index (χ1) is 14.3. The van der Waals surface area contributed by atoms with E-state index in [0.29, 0.717) is 38.6 Å². The summed E-state index contributed by atoms with van der Waals surface area (Å²) in [6, 6.07) is 7.94. The molecule has 2 aliphatic rings. The van der Waals surface area contributed by atoms with Gasteiger partial charge in [-0.2, -0.15) is 0 Å². The Labute approximate surface area is 162 Å². The first kappa shape index (κ1) is 14.7. The lowest BCUT2D eigenvalue weighted by Crippen LogP contribution is -2.01. The van der Waals surface area contributed by atoms with Crippen LogP contribution in [-0.4, -0.2) is 28.0 Å². The van der Waals surface area contributed by atoms with Gasteiger partial charge in [0.05, 0.1) is 18.8 Å². The van der Waals surface area contributed by atoms with Crippen molar-refractivity contribution in [3.05, 3.63) is 52.6 Å². The molecule has 3 aromatic rings. The fourth-order valence-corrected chi connectivity index (χ4v) is 3.77. The van der Waals surface area contributed by atoms with E-state index in [2.05, 4.69) is 0 Å². The Kier molecular flexibility index (Phi) is 3.22. The van der Waals surface area contributed by atoms with Crippen LogP contribution in [0.2, 0.25) is 0 Å². The number of carbonyl (C=O) groups is 1. The normalized spacial score (nSPS) is 17.3. The molecule has 142 valence electrons. The second-order valence-electron chi connectivity index (χ2n) is 6.58. The van der Waals surface area contributed by atoms with E-state index in [9.17, 15) is 20.1 Å². The Bertz CT molecular complexity index is 1240. The van der Waals surface area contributed by atoms with E-state index in [-0.39, 0.29) is 42.6 Å². The SMILES string of the molecule is [2H]C1([2H])Oc2ccc(-c3c4c(c(O)c5cc(CO)c(CO)cc35)COC4=O)cc2O1. The summed E-state index contributed by atoms with van der Waals surface area (Å²) in [5.41, 5.74) is 2.41. The molecule has 28 heavy (non-hydrogen) atoms. The van der Waals surface area contributed by atoms with E-state index < -0.39 is 12.7 Å². The Balaban J connectivity index is 1.85. The predicted molar refractivity (Wildman–Crippen MR) is 98.1 cm³/mol. The van der Waals surface area contributed by atoms with E-state index in [0.717, 1.165) is 0 Å². The van der Waals surface area contributed by atoms with Gasteiger partial charge in [0.15, 0.2) is 11.5 Å². The highest BCUT2D eigenvalue weighted by atomic mass is 16.7. The number of ether oxygens (including phenoxy) is 3. The van der Waals surface area contributed by atoms with Crippen LogP contribution in [0, 0.1) is 0 Å². The zero-order valence-electron chi connectivity index (χ0n) is 16.5. The van der Waals surface area contributed by atoms with Crippen molar-refractivity contribution in [3.63, 3.8) is 0 Å². The smallest absolute Gasteiger partial charge is 0.339 e. The summed E-state index contributed by atoms with van der Waals surface area (Å²) in [5.74, 6) is -0.314. The maximum Gasteiger partial charge on any atom is 0.339 e. The summed E-state index contributed by atoms with van der Waals surface area (Å²) in [4.78, 5) is 12.5. The molecule has 7 nitrogen and oxygen atoms in total. The Hall–Kier alpha value is -3.29. The van der Waals surface area contributed by atoms with Crippen molar-refractivity contribution in [1.82, 2.24) is 0 Å². The number of fused-ring (bicyclic) bond motifs is 3. The zero-order valence-corrected chi connectivity index (χ0v) is 14.5. The summed E-state index contributed by atoms with van der Waals surface area (Å²) >= 11 is 0. The Morgan fingerprint density at radius 1 is 0.929 bits per heavy atom. The third-order valence-electron chi connectivity index (χ3n) is 5.13. The first-order valence-electron chi connectivity index (χ1n) is 9.57. The molecule has 0 aliphatic carbocycles. The van der Waals surface area contributed by atoms with Crippen LogP contribution in [0.1, 0.15) is 29.8 Å². The number of aromatic hydroxyl groups is 1. The van der Waals surface area contributed by atoms with Gasteiger partial charge in [0.1, 0.15) is 15.1 Å². The minimum Gasteiger partial charge on any atom is -0.507 e. The summed E-state index contributed by atoms with van der Waals surface area (Å²) in [6.45, 7) is -3.05. The molecular formula is C21H16O7. The van der Waals surface area contributed by atoms with Crippen LogP contribution < -0.4 is 9.47 Å². The average Bonchev–Trinajstić information content (AvgIpc) is 3.25. The number of rotatable bonds is 3. The van der Waals surface area contributed by atoms with Crippen LogP contribution in [0.25, 0.3) is 21.9 Å². The van der Waals surface area contributed by atoms with Gasteiger partial charge in [0, 0.05) is 16.5 Å². The van der Waals surface area contributed by atoms with E-state index in [1.54, 1.807) is 24.3 Å². The van der Waals surface area contributed by atoms with Gasteiger partial charge in [-0.15, -0.1) is 0 Å². The third kappa shape index (κ3) is 2.27. The number of benzene rings is 3. The number of aliphatic hydroxyl groups is 2. The molecule has 0 radical (unpaired) electrons. The number of carbonyl (C=O) groups excluding carboxylic acids is 1. The first-order valence-corrected chi connectivity index (χ1v) is 8.57. The minimum atomic E-state index is -2.29. The van der Waals surface area contributed by atoms with Gasteiger partial charge in [0.2, 0.25) is 6.75 Å². The molecule has 3 N–H and O–H groups in total. The lowest BCUT2D eigenvalue weighted by Gasteiger charge is -2.16. The molecule has 2 aliphatic heterocycles. The molecule has 0 fully saturated rings. The zero-order chi connectivity index (χ0) is 21.2. The maximum atomic E-state index is 12.5. The van der Waals surface area contributed by atoms with Gasteiger partial charge in [-0.1, -0.05) is 6.07 Å². The fraction of sp³-hybridized carbons (Fsp3) is 0.190.